The Hall–Kier alpha value is -2.33. The first-order valence-corrected chi connectivity index (χ1v) is 12.0. The Bertz CT molecular complexity index is 1000. The minimum Gasteiger partial charge on any atom is -0.339 e. The number of carbonyl (C=O) groups is 1. The number of carbonyl (C=O) groups excluding carboxylic acids is 1. The van der Waals surface area contributed by atoms with E-state index in [1.54, 1.807) is 30.2 Å². The van der Waals surface area contributed by atoms with Gasteiger partial charge < -0.3 is 10.6 Å². The second-order valence-corrected chi connectivity index (χ2v) is 9.69. The average molecular weight is 446 g/mol. The van der Waals surface area contributed by atoms with E-state index in [9.17, 15) is 13.2 Å². The molecule has 1 aromatic heterocycles. The molecule has 2 heterocycles. The number of piperazine rings is 1. The largest absolute Gasteiger partial charge is 0.339 e. The molecule has 8 nitrogen and oxygen atoms in total. The summed E-state index contributed by atoms with van der Waals surface area (Å²) in [5.41, 5.74) is 7.79. The summed E-state index contributed by atoms with van der Waals surface area (Å²) < 4.78 is 28.9. The zero-order chi connectivity index (χ0) is 22.6. The molecular formula is C22H31N5O3S. The lowest BCUT2D eigenvalue weighted by Gasteiger charge is -2.38. The monoisotopic (exact) mass is 445 g/mol. The van der Waals surface area contributed by atoms with Crippen molar-refractivity contribution in [2.75, 3.05) is 32.7 Å². The molecular weight excluding hydrogens is 414 g/mol. The Labute approximate surface area is 184 Å². The van der Waals surface area contributed by atoms with Gasteiger partial charge in [-0.15, -0.1) is 0 Å². The predicted molar refractivity (Wildman–Crippen MR) is 121 cm³/mol. The first kappa shape index (κ1) is 23.3. The number of hydrogen-bond acceptors (Lipinski definition) is 6. The van der Waals surface area contributed by atoms with Gasteiger partial charge in [0.25, 0.3) is 0 Å². The Kier molecular flexibility index (Phi) is 7.42. The number of aromatic nitrogens is 1. The number of sulfonamides is 1. The third-order valence-electron chi connectivity index (χ3n) is 5.70. The number of hydrogen-bond donors (Lipinski definition) is 2. The van der Waals surface area contributed by atoms with Crippen LogP contribution in [0.5, 0.6) is 0 Å². The Morgan fingerprint density at radius 3 is 2.42 bits per heavy atom. The van der Waals surface area contributed by atoms with Crippen LogP contribution in [-0.4, -0.2) is 73.9 Å². The topological polar surface area (TPSA) is 109 Å². The van der Waals surface area contributed by atoms with Gasteiger partial charge in [-0.1, -0.05) is 18.2 Å². The molecule has 0 bridgehead atoms. The molecule has 31 heavy (non-hydrogen) atoms. The summed E-state index contributed by atoms with van der Waals surface area (Å²) in [5, 5.41) is 0. The molecule has 1 aliphatic rings. The SMILES string of the molecule is Cc1c(-c2ccccn2)cccc1S(=O)(=O)N[C@@H](CN)C(=O)N1CCN(C(C)C)CC1. The molecule has 0 spiro atoms. The number of rotatable bonds is 7. The molecule has 9 heteroatoms. The van der Waals surface area contributed by atoms with Crippen molar-refractivity contribution < 1.29 is 13.2 Å². The molecule has 1 amide bonds. The lowest BCUT2D eigenvalue weighted by Crippen LogP contribution is -2.57. The maximum absolute atomic E-state index is 13.2. The Balaban J connectivity index is 1.79. The summed E-state index contributed by atoms with van der Waals surface area (Å²) in [6.45, 7) is 8.51. The van der Waals surface area contributed by atoms with Crippen molar-refractivity contribution in [3.63, 3.8) is 0 Å². The minimum absolute atomic E-state index is 0.110. The maximum atomic E-state index is 13.2. The number of nitrogens with two attached hydrogens (primary N) is 1. The van der Waals surface area contributed by atoms with Gasteiger partial charge in [0, 0.05) is 50.5 Å². The van der Waals surface area contributed by atoms with Crippen LogP contribution in [-0.2, 0) is 14.8 Å². The predicted octanol–water partition coefficient (Wildman–Crippen LogP) is 1.22. The van der Waals surface area contributed by atoms with E-state index >= 15 is 0 Å². The van der Waals surface area contributed by atoms with Gasteiger partial charge in [-0.3, -0.25) is 14.7 Å². The summed E-state index contributed by atoms with van der Waals surface area (Å²) in [4.78, 5) is 21.4. The third kappa shape index (κ3) is 5.30. The highest BCUT2D eigenvalue weighted by atomic mass is 32.2. The lowest BCUT2D eigenvalue weighted by molar-refractivity contribution is -0.134. The highest BCUT2D eigenvalue weighted by Crippen LogP contribution is 2.26. The van der Waals surface area contributed by atoms with Gasteiger partial charge in [-0.2, -0.15) is 4.72 Å². The first-order valence-electron chi connectivity index (χ1n) is 10.5. The average Bonchev–Trinajstić information content (AvgIpc) is 2.77. The van der Waals surface area contributed by atoms with Crippen molar-refractivity contribution in [3.8, 4) is 11.3 Å². The molecule has 1 aliphatic heterocycles. The maximum Gasteiger partial charge on any atom is 0.242 e. The quantitative estimate of drug-likeness (QED) is 0.663. The second kappa shape index (κ2) is 9.86. The van der Waals surface area contributed by atoms with Crippen LogP contribution in [0, 0.1) is 6.92 Å². The van der Waals surface area contributed by atoms with E-state index in [1.807, 2.05) is 18.2 Å². The van der Waals surface area contributed by atoms with Crippen LogP contribution in [0.15, 0.2) is 47.5 Å². The summed E-state index contributed by atoms with van der Waals surface area (Å²) in [6.07, 6.45) is 1.66. The number of pyridine rings is 1. The molecule has 0 aliphatic carbocycles. The fourth-order valence-corrected chi connectivity index (χ4v) is 5.30. The van der Waals surface area contributed by atoms with E-state index in [4.69, 9.17) is 5.73 Å². The Morgan fingerprint density at radius 2 is 1.84 bits per heavy atom. The van der Waals surface area contributed by atoms with Gasteiger partial charge in [-0.05, 0) is 44.5 Å². The Morgan fingerprint density at radius 1 is 1.13 bits per heavy atom. The first-order chi connectivity index (χ1) is 14.7. The standard InChI is InChI=1S/C22H31N5O3S/c1-16(2)26-11-13-27(14-12-26)22(28)20(15-23)25-31(29,30)21-9-6-7-18(17(21)3)19-8-4-5-10-24-19/h4-10,16,20,25H,11-15,23H2,1-3H3/t20-/m0/s1. The number of nitrogens with zero attached hydrogens (tertiary/aromatic N) is 3. The van der Waals surface area contributed by atoms with E-state index in [2.05, 4.69) is 28.5 Å². The van der Waals surface area contributed by atoms with Crippen LogP contribution in [0.1, 0.15) is 19.4 Å². The van der Waals surface area contributed by atoms with E-state index in [0.717, 1.165) is 18.7 Å². The van der Waals surface area contributed by atoms with Crippen molar-refractivity contribution in [2.45, 2.75) is 37.8 Å². The van der Waals surface area contributed by atoms with Gasteiger partial charge >= 0.3 is 0 Å². The zero-order valence-electron chi connectivity index (χ0n) is 18.3. The molecule has 2 aromatic rings. The van der Waals surface area contributed by atoms with Gasteiger partial charge in [0.05, 0.1) is 10.6 Å². The minimum atomic E-state index is -3.96. The van der Waals surface area contributed by atoms with Crippen molar-refractivity contribution in [1.82, 2.24) is 19.5 Å². The molecule has 168 valence electrons. The van der Waals surface area contributed by atoms with Gasteiger partial charge in [0.1, 0.15) is 6.04 Å². The van der Waals surface area contributed by atoms with Crippen LogP contribution in [0.2, 0.25) is 0 Å². The van der Waals surface area contributed by atoms with Crippen LogP contribution < -0.4 is 10.5 Å². The number of amides is 1. The molecule has 1 fully saturated rings. The van der Waals surface area contributed by atoms with Crippen molar-refractivity contribution in [3.05, 3.63) is 48.2 Å². The summed E-state index contributed by atoms with van der Waals surface area (Å²) >= 11 is 0. The molecule has 0 saturated carbocycles. The lowest BCUT2D eigenvalue weighted by atomic mass is 10.1. The summed E-state index contributed by atoms with van der Waals surface area (Å²) in [7, 11) is -3.96. The molecule has 3 N–H and O–H groups in total. The smallest absolute Gasteiger partial charge is 0.242 e. The van der Waals surface area contributed by atoms with Crippen LogP contribution in [0.3, 0.4) is 0 Å². The van der Waals surface area contributed by atoms with E-state index in [0.29, 0.717) is 30.4 Å². The highest BCUT2D eigenvalue weighted by molar-refractivity contribution is 7.89. The summed E-state index contributed by atoms with van der Waals surface area (Å²) in [6, 6.07) is 9.93. The molecule has 1 aromatic carbocycles. The van der Waals surface area contributed by atoms with Gasteiger partial charge in [0.15, 0.2) is 0 Å². The number of benzene rings is 1. The van der Waals surface area contributed by atoms with Crippen molar-refractivity contribution in [2.24, 2.45) is 5.73 Å². The fraction of sp³-hybridized carbons (Fsp3) is 0.455. The van der Waals surface area contributed by atoms with Crippen molar-refractivity contribution >= 4 is 15.9 Å². The van der Waals surface area contributed by atoms with Crippen molar-refractivity contribution in [1.29, 1.82) is 0 Å². The molecule has 0 unspecified atom stereocenters. The highest BCUT2D eigenvalue weighted by Gasteiger charge is 2.31. The normalized spacial score (nSPS) is 16.5. The fourth-order valence-electron chi connectivity index (χ4n) is 3.83. The van der Waals surface area contributed by atoms with Crippen LogP contribution in [0.4, 0.5) is 0 Å². The summed E-state index contributed by atoms with van der Waals surface area (Å²) in [5.74, 6) is -0.284. The third-order valence-corrected chi connectivity index (χ3v) is 7.32. The van der Waals surface area contributed by atoms with Crippen LogP contribution in [0.25, 0.3) is 11.3 Å². The number of nitrogens with one attached hydrogen (secondary N) is 1. The second-order valence-electron chi connectivity index (χ2n) is 8.01. The van der Waals surface area contributed by atoms with Gasteiger partial charge in [-0.25, -0.2) is 8.42 Å². The molecule has 1 saturated heterocycles. The van der Waals surface area contributed by atoms with Gasteiger partial charge in [0.2, 0.25) is 15.9 Å². The molecule has 3 rings (SSSR count). The zero-order valence-corrected chi connectivity index (χ0v) is 19.1. The van der Waals surface area contributed by atoms with E-state index < -0.39 is 16.1 Å². The van der Waals surface area contributed by atoms with Crippen LogP contribution >= 0.6 is 0 Å². The molecule has 1 atom stereocenters. The molecule has 0 radical (unpaired) electrons. The van der Waals surface area contributed by atoms with E-state index in [-0.39, 0.29) is 17.3 Å². The van der Waals surface area contributed by atoms with E-state index in [1.165, 1.54) is 6.07 Å².